The minimum atomic E-state index is -3.77. The van der Waals surface area contributed by atoms with Crippen molar-refractivity contribution >= 4 is 27.8 Å². The Labute approximate surface area is 135 Å². The summed E-state index contributed by atoms with van der Waals surface area (Å²) in [5.41, 5.74) is 1.73. The summed E-state index contributed by atoms with van der Waals surface area (Å²) in [6.45, 7) is 1.82. The van der Waals surface area contributed by atoms with Crippen LogP contribution in [0, 0.1) is 6.92 Å². The predicted molar refractivity (Wildman–Crippen MR) is 89.5 cm³/mol. The van der Waals surface area contributed by atoms with E-state index in [1.165, 1.54) is 25.3 Å². The maximum Gasteiger partial charge on any atom is 0.330 e. The average Bonchev–Trinajstić information content (AvgIpc) is 2.55. The van der Waals surface area contributed by atoms with Gasteiger partial charge in [-0.25, -0.2) is 13.2 Å². The Balaban J connectivity index is 2.39. The van der Waals surface area contributed by atoms with E-state index in [1.54, 1.807) is 30.3 Å². The van der Waals surface area contributed by atoms with Crippen LogP contribution >= 0.6 is 0 Å². The lowest BCUT2D eigenvalue weighted by molar-refractivity contribution is -0.134. The van der Waals surface area contributed by atoms with Crippen LogP contribution in [0.25, 0.3) is 6.08 Å². The molecule has 2 aromatic rings. The molecule has 6 heteroatoms. The first-order chi connectivity index (χ1) is 10.9. The highest BCUT2D eigenvalue weighted by atomic mass is 32.2. The number of esters is 1. The number of hydrogen-bond acceptors (Lipinski definition) is 4. The van der Waals surface area contributed by atoms with E-state index in [9.17, 15) is 13.2 Å². The molecule has 0 amide bonds. The van der Waals surface area contributed by atoms with Gasteiger partial charge in [-0.15, -0.1) is 0 Å². The summed E-state index contributed by atoms with van der Waals surface area (Å²) in [6, 6.07) is 13.5. The number of methoxy groups -OCH3 is 1. The Morgan fingerprint density at radius 1 is 1.09 bits per heavy atom. The Kier molecular flexibility index (Phi) is 5.18. The van der Waals surface area contributed by atoms with Crippen LogP contribution in [0.3, 0.4) is 0 Å². The molecule has 0 bridgehead atoms. The largest absolute Gasteiger partial charge is 0.466 e. The molecule has 120 valence electrons. The van der Waals surface area contributed by atoms with Crippen molar-refractivity contribution in [1.29, 1.82) is 0 Å². The van der Waals surface area contributed by atoms with Gasteiger partial charge in [0.15, 0.2) is 0 Å². The zero-order valence-electron chi connectivity index (χ0n) is 12.8. The Bertz CT molecular complexity index is 841. The number of rotatable bonds is 5. The van der Waals surface area contributed by atoms with Gasteiger partial charge in [-0.1, -0.05) is 36.4 Å². The molecule has 0 heterocycles. The zero-order chi connectivity index (χ0) is 16.9. The number of aryl methyl sites for hydroxylation is 1. The molecule has 0 radical (unpaired) electrons. The summed E-state index contributed by atoms with van der Waals surface area (Å²) in [5.74, 6) is -0.552. The molecule has 0 saturated heterocycles. The third-order valence-electron chi connectivity index (χ3n) is 3.20. The van der Waals surface area contributed by atoms with Crippen LogP contribution in [0.15, 0.2) is 59.5 Å². The van der Waals surface area contributed by atoms with Crippen molar-refractivity contribution in [3.8, 4) is 0 Å². The fourth-order valence-corrected chi connectivity index (χ4v) is 3.31. The second kappa shape index (κ2) is 7.11. The van der Waals surface area contributed by atoms with Crippen LogP contribution < -0.4 is 4.72 Å². The van der Waals surface area contributed by atoms with Gasteiger partial charge < -0.3 is 4.74 Å². The maximum atomic E-state index is 12.6. The Hall–Kier alpha value is -2.60. The third kappa shape index (κ3) is 4.20. The van der Waals surface area contributed by atoms with Gasteiger partial charge in [0.2, 0.25) is 0 Å². The van der Waals surface area contributed by atoms with E-state index in [0.717, 1.165) is 5.56 Å². The number of carbonyl (C=O) groups excluding carboxylic acids is 1. The van der Waals surface area contributed by atoms with Gasteiger partial charge in [-0.2, -0.15) is 0 Å². The molecule has 0 atom stereocenters. The van der Waals surface area contributed by atoms with Crippen molar-refractivity contribution in [3.63, 3.8) is 0 Å². The number of nitrogens with one attached hydrogen (secondary N) is 1. The van der Waals surface area contributed by atoms with Gasteiger partial charge in [0.25, 0.3) is 10.0 Å². The number of sulfonamides is 1. The monoisotopic (exact) mass is 331 g/mol. The molecule has 5 nitrogen and oxygen atoms in total. The molecule has 0 spiro atoms. The minimum absolute atomic E-state index is 0.0865. The average molecular weight is 331 g/mol. The standard InChI is InChI=1S/C17H17NO4S/c1-13-7-3-5-9-15(13)18-23(20,21)16-10-6-4-8-14(16)11-12-17(19)22-2/h3-12,18H,1-2H3. The number of carbonyl (C=O) groups is 1. The van der Waals surface area contributed by atoms with Crippen molar-refractivity contribution in [2.75, 3.05) is 11.8 Å². The van der Waals surface area contributed by atoms with E-state index >= 15 is 0 Å². The lowest BCUT2D eigenvalue weighted by Crippen LogP contribution is -2.15. The van der Waals surface area contributed by atoms with Crippen LogP contribution in [0.1, 0.15) is 11.1 Å². The van der Waals surface area contributed by atoms with Gasteiger partial charge in [0.1, 0.15) is 0 Å². The molecule has 0 aromatic heterocycles. The normalized spacial score (nSPS) is 11.4. The van der Waals surface area contributed by atoms with Crippen molar-refractivity contribution < 1.29 is 17.9 Å². The summed E-state index contributed by atoms with van der Waals surface area (Å²) in [7, 11) is -2.52. The predicted octanol–water partition coefficient (Wildman–Crippen LogP) is 2.98. The smallest absolute Gasteiger partial charge is 0.330 e. The Morgan fingerprint density at radius 2 is 1.74 bits per heavy atom. The van der Waals surface area contributed by atoms with Crippen LogP contribution in [0.2, 0.25) is 0 Å². The summed E-state index contributed by atoms with van der Waals surface area (Å²) in [6.07, 6.45) is 2.60. The van der Waals surface area contributed by atoms with E-state index in [1.807, 2.05) is 19.1 Å². The number of para-hydroxylation sites is 1. The third-order valence-corrected chi connectivity index (χ3v) is 4.64. The molecule has 0 fully saturated rings. The van der Waals surface area contributed by atoms with Gasteiger partial charge >= 0.3 is 5.97 Å². The van der Waals surface area contributed by atoms with Gasteiger partial charge in [-0.3, -0.25) is 4.72 Å². The SMILES string of the molecule is COC(=O)C=Cc1ccccc1S(=O)(=O)Nc1ccccc1C. The molecule has 2 aromatic carbocycles. The second-order valence-corrected chi connectivity index (χ2v) is 6.47. The minimum Gasteiger partial charge on any atom is -0.466 e. The van der Waals surface area contributed by atoms with Crippen LogP contribution in [-0.2, 0) is 19.6 Å². The molecule has 0 unspecified atom stereocenters. The fraction of sp³-hybridized carbons (Fsp3) is 0.118. The van der Waals surface area contributed by atoms with Crippen molar-refractivity contribution in [2.45, 2.75) is 11.8 Å². The molecule has 23 heavy (non-hydrogen) atoms. The van der Waals surface area contributed by atoms with Crippen LogP contribution in [0.4, 0.5) is 5.69 Å². The van der Waals surface area contributed by atoms with Crippen molar-refractivity contribution in [2.24, 2.45) is 0 Å². The lowest BCUT2D eigenvalue weighted by Gasteiger charge is -2.12. The van der Waals surface area contributed by atoms with E-state index < -0.39 is 16.0 Å². The highest BCUT2D eigenvalue weighted by Gasteiger charge is 2.18. The first kappa shape index (κ1) is 16.8. The van der Waals surface area contributed by atoms with E-state index in [0.29, 0.717) is 11.3 Å². The van der Waals surface area contributed by atoms with Gasteiger partial charge in [0.05, 0.1) is 17.7 Å². The lowest BCUT2D eigenvalue weighted by atomic mass is 10.2. The maximum absolute atomic E-state index is 12.6. The molecule has 0 aliphatic carbocycles. The van der Waals surface area contributed by atoms with Gasteiger partial charge in [-0.05, 0) is 36.3 Å². The number of hydrogen-bond donors (Lipinski definition) is 1. The molecular weight excluding hydrogens is 314 g/mol. The highest BCUT2D eigenvalue weighted by Crippen LogP contribution is 2.22. The first-order valence-corrected chi connectivity index (χ1v) is 8.36. The summed E-state index contributed by atoms with van der Waals surface area (Å²) < 4.78 is 32.3. The van der Waals surface area contributed by atoms with E-state index in [-0.39, 0.29) is 4.90 Å². The number of anilines is 1. The molecule has 2 rings (SSSR count). The molecular formula is C17H17NO4S. The Morgan fingerprint density at radius 3 is 2.43 bits per heavy atom. The van der Waals surface area contributed by atoms with E-state index in [4.69, 9.17) is 0 Å². The number of benzene rings is 2. The number of ether oxygens (including phenoxy) is 1. The quantitative estimate of drug-likeness (QED) is 0.675. The first-order valence-electron chi connectivity index (χ1n) is 6.87. The van der Waals surface area contributed by atoms with Crippen LogP contribution in [0.5, 0.6) is 0 Å². The summed E-state index contributed by atoms with van der Waals surface area (Å²) in [5, 5.41) is 0. The summed E-state index contributed by atoms with van der Waals surface area (Å²) >= 11 is 0. The van der Waals surface area contributed by atoms with Crippen LogP contribution in [-0.4, -0.2) is 21.5 Å². The van der Waals surface area contributed by atoms with Crippen molar-refractivity contribution in [3.05, 3.63) is 65.7 Å². The topological polar surface area (TPSA) is 72.5 Å². The molecule has 0 aliphatic heterocycles. The van der Waals surface area contributed by atoms with E-state index in [2.05, 4.69) is 9.46 Å². The molecule has 0 aliphatic rings. The molecule has 1 N–H and O–H groups in total. The zero-order valence-corrected chi connectivity index (χ0v) is 13.6. The second-order valence-electron chi connectivity index (χ2n) is 4.81. The highest BCUT2D eigenvalue weighted by molar-refractivity contribution is 7.92. The van der Waals surface area contributed by atoms with Gasteiger partial charge in [0, 0.05) is 6.08 Å². The summed E-state index contributed by atoms with van der Waals surface area (Å²) in [4.78, 5) is 11.3. The molecule has 0 saturated carbocycles. The fourth-order valence-electron chi connectivity index (χ4n) is 1.98. The van der Waals surface area contributed by atoms with Crippen molar-refractivity contribution in [1.82, 2.24) is 0 Å².